The molecule has 1 aromatic rings. The molecule has 6 nitrogen and oxygen atoms in total. The number of nitrogens with one attached hydrogen (secondary N) is 3. The van der Waals surface area contributed by atoms with E-state index in [4.69, 9.17) is 0 Å². The van der Waals surface area contributed by atoms with Crippen molar-refractivity contribution >= 4 is 17.5 Å². The largest absolute Gasteiger partial charge is 0.384 e. The van der Waals surface area contributed by atoms with E-state index in [2.05, 4.69) is 20.9 Å². The lowest BCUT2D eigenvalue weighted by Gasteiger charge is -2.10. The third kappa shape index (κ3) is 2.97. The molecule has 1 aromatic heterocycles. The zero-order valence-electron chi connectivity index (χ0n) is 10.2. The normalized spacial score (nSPS) is 18.3. The van der Waals surface area contributed by atoms with Crippen LogP contribution in [0.25, 0.3) is 0 Å². The smallest absolute Gasteiger partial charge is 0.270 e. The molecule has 1 atom stereocenters. The number of anilines is 1. The molecule has 1 saturated heterocycles. The Hall–Kier alpha value is -2.11. The summed E-state index contributed by atoms with van der Waals surface area (Å²) in [5, 5.41) is 8.54. The summed E-state index contributed by atoms with van der Waals surface area (Å²) in [5.41, 5.74) is 1.24. The van der Waals surface area contributed by atoms with Crippen LogP contribution in [0.3, 0.4) is 0 Å². The van der Waals surface area contributed by atoms with Crippen molar-refractivity contribution < 1.29 is 9.59 Å². The fraction of sp³-hybridized carbons (Fsp3) is 0.417. The van der Waals surface area contributed by atoms with Crippen molar-refractivity contribution in [1.29, 1.82) is 0 Å². The zero-order valence-corrected chi connectivity index (χ0v) is 10.2. The topological polar surface area (TPSA) is 83.1 Å². The Morgan fingerprint density at radius 3 is 2.94 bits per heavy atom. The molecule has 0 saturated carbocycles. The van der Waals surface area contributed by atoms with Gasteiger partial charge in [-0.1, -0.05) is 0 Å². The first-order chi connectivity index (χ1) is 8.69. The summed E-state index contributed by atoms with van der Waals surface area (Å²) in [4.78, 5) is 26.9. The average molecular weight is 248 g/mol. The average Bonchev–Trinajstić information content (AvgIpc) is 2.76. The molecule has 2 amide bonds. The Bertz CT molecular complexity index is 444. The highest BCUT2D eigenvalue weighted by Crippen LogP contribution is 2.07. The summed E-state index contributed by atoms with van der Waals surface area (Å²) in [6, 6.07) is 3.33. The molecule has 0 bridgehead atoms. The van der Waals surface area contributed by atoms with E-state index in [0.29, 0.717) is 18.7 Å². The van der Waals surface area contributed by atoms with Gasteiger partial charge in [0, 0.05) is 19.5 Å². The van der Waals surface area contributed by atoms with Crippen molar-refractivity contribution in [2.24, 2.45) is 0 Å². The van der Waals surface area contributed by atoms with Gasteiger partial charge in [-0.25, -0.2) is 4.98 Å². The standard InChI is InChI=1S/C12H16N4O2/c1-2-13-8-3-4-10(14-6-8)12(18)16-9-5-11(17)15-7-9/h3-4,6,9,13H,2,5,7H2,1H3,(H,15,17)(H,16,18). The molecule has 0 radical (unpaired) electrons. The molecule has 1 aliphatic heterocycles. The van der Waals surface area contributed by atoms with Crippen LogP contribution < -0.4 is 16.0 Å². The van der Waals surface area contributed by atoms with E-state index < -0.39 is 0 Å². The minimum absolute atomic E-state index is 0.0317. The van der Waals surface area contributed by atoms with Crippen LogP contribution in [-0.4, -0.2) is 35.9 Å². The van der Waals surface area contributed by atoms with E-state index in [1.807, 2.05) is 13.0 Å². The van der Waals surface area contributed by atoms with Gasteiger partial charge in [0.15, 0.2) is 0 Å². The fourth-order valence-electron chi connectivity index (χ4n) is 1.80. The van der Waals surface area contributed by atoms with Crippen LogP contribution in [0.15, 0.2) is 18.3 Å². The maximum atomic E-state index is 11.8. The predicted molar refractivity (Wildman–Crippen MR) is 67.3 cm³/mol. The van der Waals surface area contributed by atoms with Gasteiger partial charge in [-0.05, 0) is 19.1 Å². The number of nitrogens with zero attached hydrogens (tertiary/aromatic N) is 1. The van der Waals surface area contributed by atoms with Gasteiger partial charge < -0.3 is 16.0 Å². The number of aromatic nitrogens is 1. The van der Waals surface area contributed by atoms with Crippen LogP contribution in [0, 0.1) is 0 Å². The zero-order chi connectivity index (χ0) is 13.0. The van der Waals surface area contributed by atoms with Gasteiger partial charge >= 0.3 is 0 Å². The number of hydrogen-bond donors (Lipinski definition) is 3. The summed E-state index contributed by atoms with van der Waals surface area (Å²) in [6.45, 7) is 3.29. The number of rotatable bonds is 4. The molecule has 1 unspecified atom stereocenters. The summed E-state index contributed by atoms with van der Waals surface area (Å²) in [6.07, 6.45) is 1.96. The van der Waals surface area contributed by atoms with Crippen molar-refractivity contribution in [1.82, 2.24) is 15.6 Å². The summed E-state index contributed by atoms with van der Waals surface area (Å²) >= 11 is 0. The van der Waals surface area contributed by atoms with Crippen LogP contribution in [-0.2, 0) is 4.79 Å². The van der Waals surface area contributed by atoms with Crippen molar-refractivity contribution in [2.75, 3.05) is 18.4 Å². The first-order valence-corrected chi connectivity index (χ1v) is 5.96. The second-order valence-electron chi connectivity index (χ2n) is 4.14. The second-order valence-corrected chi connectivity index (χ2v) is 4.14. The molecule has 18 heavy (non-hydrogen) atoms. The molecule has 2 rings (SSSR count). The van der Waals surface area contributed by atoms with Crippen molar-refractivity contribution in [2.45, 2.75) is 19.4 Å². The number of carbonyl (C=O) groups is 2. The summed E-state index contributed by atoms with van der Waals surface area (Å²) < 4.78 is 0. The maximum Gasteiger partial charge on any atom is 0.270 e. The van der Waals surface area contributed by atoms with Crippen molar-refractivity contribution in [3.8, 4) is 0 Å². The molecule has 1 fully saturated rings. The molecule has 3 N–H and O–H groups in total. The number of hydrogen-bond acceptors (Lipinski definition) is 4. The Morgan fingerprint density at radius 1 is 1.56 bits per heavy atom. The van der Waals surface area contributed by atoms with Crippen LogP contribution >= 0.6 is 0 Å². The molecule has 0 spiro atoms. The second kappa shape index (κ2) is 5.48. The predicted octanol–water partition coefficient (Wildman–Crippen LogP) is 0.132. The lowest BCUT2D eigenvalue weighted by atomic mass is 10.2. The quantitative estimate of drug-likeness (QED) is 0.707. The van der Waals surface area contributed by atoms with Crippen LogP contribution in [0.2, 0.25) is 0 Å². The van der Waals surface area contributed by atoms with Gasteiger partial charge in [-0.15, -0.1) is 0 Å². The highest BCUT2D eigenvalue weighted by Gasteiger charge is 2.23. The van der Waals surface area contributed by atoms with E-state index >= 15 is 0 Å². The highest BCUT2D eigenvalue weighted by molar-refractivity contribution is 5.93. The van der Waals surface area contributed by atoms with Crippen LogP contribution in [0.1, 0.15) is 23.8 Å². The van der Waals surface area contributed by atoms with Crippen LogP contribution in [0.4, 0.5) is 5.69 Å². The summed E-state index contributed by atoms with van der Waals surface area (Å²) in [5.74, 6) is -0.282. The molecular formula is C12H16N4O2. The Morgan fingerprint density at radius 2 is 2.39 bits per heavy atom. The van der Waals surface area contributed by atoms with E-state index in [1.165, 1.54) is 0 Å². The maximum absolute atomic E-state index is 11.8. The van der Waals surface area contributed by atoms with Crippen molar-refractivity contribution in [3.63, 3.8) is 0 Å². The minimum Gasteiger partial charge on any atom is -0.384 e. The summed E-state index contributed by atoms with van der Waals surface area (Å²) in [7, 11) is 0. The lowest BCUT2D eigenvalue weighted by molar-refractivity contribution is -0.119. The molecule has 0 aliphatic carbocycles. The van der Waals surface area contributed by atoms with Crippen molar-refractivity contribution in [3.05, 3.63) is 24.0 Å². The molecule has 2 heterocycles. The number of pyridine rings is 1. The lowest BCUT2D eigenvalue weighted by Crippen LogP contribution is -2.36. The van der Waals surface area contributed by atoms with Gasteiger partial charge in [-0.2, -0.15) is 0 Å². The highest BCUT2D eigenvalue weighted by atomic mass is 16.2. The number of amides is 2. The third-order valence-electron chi connectivity index (χ3n) is 2.69. The van der Waals surface area contributed by atoms with Crippen LogP contribution in [0.5, 0.6) is 0 Å². The van der Waals surface area contributed by atoms with Gasteiger partial charge in [0.2, 0.25) is 5.91 Å². The minimum atomic E-state index is -0.250. The van der Waals surface area contributed by atoms with Gasteiger partial charge in [0.05, 0.1) is 17.9 Å². The fourth-order valence-corrected chi connectivity index (χ4v) is 1.80. The Labute approximate surface area is 105 Å². The van der Waals surface area contributed by atoms with Gasteiger partial charge in [-0.3, -0.25) is 9.59 Å². The molecule has 0 aromatic carbocycles. The Balaban J connectivity index is 1.94. The third-order valence-corrected chi connectivity index (χ3v) is 2.69. The Kier molecular flexibility index (Phi) is 3.76. The van der Waals surface area contributed by atoms with E-state index in [1.54, 1.807) is 12.3 Å². The monoisotopic (exact) mass is 248 g/mol. The van der Waals surface area contributed by atoms with E-state index in [-0.39, 0.29) is 17.9 Å². The van der Waals surface area contributed by atoms with E-state index in [9.17, 15) is 9.59 Å². The number of carbonyl (C=O) groups excluding carboxylic acids is 2. The molecular weight excluding hydrogens is 232 g/mol. The van der Waals surface area contributed by atoms with E-state index in [0.717, 1.165) is 12.2 Å². The SMILES string of the molecule is CCNc1ccc(C(=O)NC2CNC(=O)C2)nc1. The first kappa shape index (κ1) is 12.3. The van der Waals surface area contributed by atoms with Gasteiger partial charge in [0.25, 0.3) is 5.91 Å². The first-order valence-electron chi connectivity index (χ1n) is 5.96. The van der Waals surface area contributed by atoms with Gasteiger partial charge in [0.1, 0.15) is 5.69 Å². The molecule has 1 aliphatic rings. The molecule has 96 valence electrons. The molecule has 6 heteroatoms.